The first-order chi connectivity index (χ1) is 11.1. The van der Waals surface area contributed by atoms with Crippen molar-refractivity contribution in [2.75, 3.05) is 4.90 Å². The van der Waals surface area contributed by atoms with Gasteiger partial charge in [0.15, 0.2) is 0 Å². The fraction of sp³-hybridized carbons (Fsp3) is 0.167. The predicted molar refractivity (Wildman–Crippen MR) is 81.5 cm³/mol. The van der Waals surface area contributed by atoms with Crippen molar-refractivity contribution >= 4 is 23.5 Å². The number of hydrogen-bond donors (Lipinski definition) is 0. The lowest BCUT2D eigenvalue weighted by Crippen LogP contribution is -2.31. The third kappa shape index (κ3) is 2.99. The summed E-state index contributed by atoms with van der Waals surface area (Å²) in [6.45, 7) is 0. The van der Waals surface area contributed by atoms with Gasteiger partial charge in [-0.15, -0.1) is 0 Å². The average Bonchev–Trinajstić information content (AvgIpc) is 2.82. The third-order valence-electron chi connectivity index (χ3n) is 3.93. The van der Waals surface area contributed by atoms with Crippen LogP contribution in [-0.2, 0) is 16.0 Å². The zero-order chi connectivity index (χ0) is 16.4. The number of benzene rings is 2. The van der Waals surface area contributed by atoms with E-state index in [4.69, 9.17) is 0 Å². The molecule has 23 heavy (non-hydrogen) atoms. The SMILES string of the molecule is O=C([O-])c1ccc(N2C(=O)C[C@@H](Cc3ccccc3)C2=O)cc1. The Morgan fingerprint density at radius 1 is 1.04 bits per heavy atom. The Morgan fingerprint density at radius 3 is 2.30 bits per heavy atom. The van der Waals surface area contributed by atoms with Crippen LogP contribution in [0.15, 0.2) is 54.6 Å². The van der Waals surface area contributed by atoms with Gasteiger partial charge < -0.3 is 9.90 Å². The molecular formula is C18H14NO4-. The van der Waals surface area contributed by atoms with Gasteiger partial charge in [-0.2, -0.15) is 0 Å². The number of aromatic carboxylic acids is 1. The zero-order valence-electron chi connectivity index (χ0n) is 12.3. The molecule has 0 N–H and O–H groups in total. The second kappa shape index (κ2) is 6.04. The van der Waals surface area contributed by atoms with Gasteiger partial charge in [-0.25, -0.2) is 0 Å². The van der Waals surface area contributed by atoms with E-state index in [-0.39, 0.29) is 29.7 Å². The average molecular weight is 308 g/mol. The molecule has 1 atom stereocenters. The largest absolute Gasteiger partial charge is 0.545 e. The summed E-state index contributed by atoms with van der Waals surface area (Å²) in [5.41, 5.74) is 1.40. The van der Waals surface area contributed by atoms with Gasteiger partial charge in [0, 0.05) is 6.42 Å². The molecule has 0 aliphatic carbocycles. The number of anilines is 1. The van der Waals surface area contributed by atoms with E-state index in [0.717, 1.165) is 10.5 Å². The molecule has 2 aromatic carbocycles. The second-order valence-electron chi connectivity index (χ2n) is 5.49. The van der Waals surface area contributed by atoms with E-state index in [1.165, 1.54) is 24.3 Å². The molecule has 2 amide bonds. The fourth-order valence-electron chi connectivity index (χ4n) is 2.77. The summed E-state index contributed by atoms with van der Waals surface area (Å²) in [5.74, 6) is -2.19. The molecule has 2 aromatic rings. The van der Waals surface area contributed by atoms with Gasteiger partial charge in [-0.3, -0.25) is 14.5 Å². The van der Waals surface area contributed by atoms with Crippen molar-refractivity contribution in [2.45, 2.75) is 12.8 Å². The first-order valence-corrected chi connectivity index (χ1v) is 7.28. The third-order valence-corrected chi connectivity index (χ3v) is 3.93. The van der Waals surface area contributed by atoms with Crippen molar-refractivity contribution in [3.8, 4) is 0 Å². The fourth-order valence-corrected chi connectivity index (χ4v) is 2.77. The molecule has 0 spiro atoms. The summed E-state index contributed by atoms with van der Waals surface area (Å²) in [6.07, 6.45) is 0.676. The Labute approximate surface area is 133 Å². The molecule has 1 fully saturated rings. The number of carbonyl (C=O) groups excluding carboxylic acids is 3. The van der Waals surface area contributed by atoms with Crippen molar-refractivity contribution < 1.29 is 19.5 Å². The van der Waals surface area contributed by atoms with Crippen molar-refractivity contribution in [1.82, 2.24) is 0 Å². The van der Waals surface area contributed by atoms with E-state index in [1.54, 1.807) is 0 Å². The van der Waals surface area contributed by atoms with Crippen LogP contribution in [-0.4, -0.2) is 17.8 Å². The molecule has 3 rings (SSSR count). The number of nitrogens with zero attached hydrogens (tertiary/aromatic N) is 1. The number of carboxylic acids is 1. The Kier molecular flexibility index (Phi) is 3.93. The van der Waals surface area contributed by atoms with Crippen LogP contribution in [0.4, 0.5) is 5.69 Å². The summed E-state index contributed by atoms with van der Waals surface area (Å²) in [5, 5.41) is 10.8. The number of carboxylic acid groups (broad SMARTS) is 1. The molecule has 1 heterocycles. The lowest BCUT2D eigenvalue weighted by atomic mass is 9.98. The summed E-state index contributed by atoms with van der Waals surface area (Å²) < 4.78 is 0. The van der Waals surface area contributed by atoms with Gasteiger partial charge in [0.1, 0.15) is 0 Å². The first kappa shape index (κ1) is 15.0. The molecule has 1 aliphatic heterocycles. The highest BCUT2D eigenvalue weighted by Gasteiger charge is 2.39. The van der Waals surface area contributed by atoms with Gasteiger partial charge in [0.2, 0.25) is 11.8 Å². The minimum atomic E-state index is -1.29. The monoisotopic (exact) mass is 308 g/mol. The molecule has 0 aromatic heterocycles. The summed E-state index contributed by atoms with van der Waals surface area (Å²) in [6, 6.07) is 15.1. The van der Waals surface area contributed by atoms with Crippen molar-refractivity contribution in [2.24, 2.45) is 5.92 Å². The highest BCUT2D eigenvalue weighted by molar-refractivity contribution is 6.21. The van der Waals surface area contributed by atoms with Crippen LogP contribution in [0.5, 0.6) is 0 Å². The maximum atomic E-state index is 12.5. The topological polar surface area (TPSA) is 77.5 Å². The molecule has 116 valence electrons. The van der Waals surface area contributed by atoms with E-state index in [1.807, 2.05) is 30.3 Å². The van der Waals surface area contributed by atoms with Crippen LogP contribution in [0.25, 0.3) is 0 Å². The van der Waals surface area contributed by atoms with E-state index >= 15 is 0 Å². The Hall–Kier alpha value is -2.95. The van der Waals surface area contributed by atoms with Crippen LogP contribution in [0.2, 0.25) is 0 Å². The van der Waals surface area contributed by atoms with E-state index in [2.05, 4.69) is 0 Å². The standard InChI is InChI=1S/C18H15NO4/c20-16-11-14(10-12-4-2-1-3-5-12)17(21)19(16)15-8-6-13(7-9-15)18(22)23/h1-9,14H,10-11H2,(H,22,23)/p-1/t14-/m1/s1. The Morgan fingerprint density at radius 2 is 1.70 bits per heavy atom. The second-order valence-corrected chi connectivity index (χ2v) is 5.49. The van der Waals surface area contributed by atoms with Crippen LogP contribution in [0.3, 0.4) is 0 Å². The van der Waals surface area contributed by atoms with Gasteiger partial charge in [-0.05, 0) is 29.7 Å². The molecule has 5 nitrogen and oxygen atoms in total. The lowest BCUT2D eigenvalue weighted by molar-refractivity contribution is -0.255. The number of imide groups is 1. The summed E-state index contributed by atoms with van der Waals surface area (Å²) in [7, 11) is 0. The summed E-state index contributed by atoms with van der Waals surface area (Å²) >= 11 is 0. The van der Waals surface area contributed by atoms with Crippen molar-refractivity contribution in [3.05, 3.63) is 65.7 Å². The number of rotatable bonds is 4. The minimum absolute atomic E-state index is 0.00804. The van der Waals surface area contributed by atoms with E-state index in [0.29, 0.717) is 12.1 Å². The molecule has 0 unspecified atom stereocenters. The van der Waals surface area contributed by atoms with E-state index in [9.17, 15) is 19.5 Å². The highest BCUT2D eigenvalue weighted by Crippen LogP contribution is 2.28. The Bertz CT molecular complexity index is 752. The quantitative estimate of drug-likeness (QED) is 0.794. The van der Waals surface area contributed by atoms with Gasteiger partial charge in [0.25, 0.3) is 0 Å². The molecule has 0 bridgehead atoms. The maximum Gasteiger partial charge on any atom is 0.237 e. The molecule has 1 aliphatic rings. The van der Waals surface area contributed by atoms with Crippen LogP contribution < -0.4 is 10.0 Å². The smallest absolute Gasteiger partial charge is 0.237 e. The van der Waals surface area contributed by atoms with Crippen molar-refractivity contribution in [1.29, 1.82) is 0 Å². The van der Waals surface area contributed by atoms with Crippen LogP contribution >= 0.6 is 0 Å². The van der Waals surface area contributed by atoms with Gasteiger partial charge >= 0.3 is 0 Å². The molecule has 0 saturated carbocycles. The normalized spacial score (nSPS) is 17.6. The van der Waals surface area contributed by atoms with Gasteiger partial charge in [-0.1, -0.05) is 42.5 Å². The molecular weight excluding hydrogens is 294 g/mol. The first-order valence-electron chi connectivity index (χ1n) is 7.28. The predicted octanol–water partition coefficient (Wildman–Crippen LogP) is 1.17. The lowest BCUT2D eigenvalue weighted by Gasteiger charge is -2.16. The van der Waals surface area contributed by atoms with Gasteiger partial charge in [0.05, 0.1) is 17.6 Å². The number of hydrogen-bond acceptors (Lipinski definition) is 4. The number of amides is 2. The Balaban J connectivity index is 1.79. The van der Waals surface area contributed by atoms with Crippen LogP contribution in [0, 0.1) is 5.92 Å². The van der Waals surface area contributed by atoms with Crippen molar-refractivity contribution in [3.63, 3.8) is 0 Å². The van der Waals surface area contributed by atoms with Crippen LogP contribution in [0.1, 0.15) is 22.3 Å². The summed E-state index contributed by atoms with van der Waals surface area (Å²) in [4.78, 5) is 36.6. The van der Waals surface area contributed by atoms with E-state index < -0.39 is 5.97 Å². The molecule has 1 saturated heterocycles. The number of carbonyl (C=O) groups is 3. The highest BCUT2D eigenvalue weighted by atomic mass is 16.4. The zero-order valence-corrected chi connectivity index (χ0v) is 12.3. The minimum Gasteiger partial charge on any atom is -0.545 e. The molecule has 0 radical (unpaired) electrons. The maximum absolute atomic E-state index is 12.5. The molecule has 5 heteroatoms.